The third-order valence-corrected chi connectivity index (χ3v) is 1.73. The van der Waals surface area contributed by atoms with Crippen molar-refractivity contribution in [2.45, 2.75) is 0 Å². The highest BCUT2D eigenvalue weighted by Crippen LogP contribution is 2.03. The molecule has 0 nitrogen and oxygen atoms in total. The zero-order chi connectivity index (χ0) is 8.81. The zero-order valence-corrected chi connectivity index (χ0v) is 8.26. The van der Waals surface area contributed by atoms with E-state index in [9.17, 15) is 0 Å². The van der Waals surface area contributed by atoms with Gasteiger partial charge in [-0.15, -0.1) is 0 Å². The first-order chi connectivity index (χ1) is 5.86. The first-order valence-corrected chi connectivity index (χ1v) is 4.76. The van der Waals surface area contributed by atoms with Crippen LogP contribution in [0.15, 0.2) is 30.8 Å². The second-order valence-electron chi connectivity index (χ2n) is 2.26. The van der Waals surface area contributed by atoms with Gasteiger partial charge in [-0.25, -0.2) is 0 Å². The van der Waals surface area contributed by atoms with Crippen LogP contribution in [0.5, 0.6) is 0 Å². The second kappa shape index (κ2) is 4.79. The van der Waals surface area contributed by atoms with Crippen molar-refractivity contribution >= 4 is 22.0 Å². The first-order valence-electron chi connectivity index (χ1n) is 3.64. The van der Waals surface area contributed by atoms with Crippen LogP contribution in [-0.4, -0.2) is 5.33 Å². The van der Waals surface area contributed by atoms with E-state index in [4.69, 9.17) is 0 Å². The number of halogens is 1. The minimum absolute atomic E-state index is 0.718. The van der Waals surface area contributed by atoms with Crippen LogP contribution in [0.2, 0.25) is 0 Å². The van der Waals surface area contributed by atoms with Gasteiger partial charge in [-0.05, 0) is 17.7 Å². The smallest absolute Gasteiger partial charge is 0.0649 e. The number of hydrogen-bond donors (Lipinski definition) is 0. The Morgan fingerprint density at radius 2 is 2.00 bits per heavy atom. The van der Waals surface area contributed by atoms with E-state index in [-0.39, 0.29) is 0 Å². The molecule has 60 valence electrons. The molecule has 0 aliphatic carbocycles. The lowest BCUT2D eigenvalue weighted by atomic mass is 10.1. The summed E-state index contributed by atoms with van der Waals surface area (Å²) < 4.78 is 0. The van der Waals surface area contributed by atoms with E-state index in [2.05, 4.69) is 34.3 Å². The number of rotatable bonds is 1. The van der Waals surface area contributed by atoms with Crippen LogP contribution < -0.4 is 0 Å². The molecule has 0 unspecified atom stereocenters. The summed E-state index contributed by atoms with van der Waals surface area (Å²) in [5, 5.41) is 0.718. The maximum Gasteiger partial charge on any atom is 0.0649 e. The molecule has 0 saturated heterocycles. The molecule has 0 N–H and O–H groups in total. The highest BCUT2D eigenvalue weighted by Gasteiger charge is 1.85. The maximum absolute atomic E-state index is 3.68. The van der Waals surface area contributed by atoms with E-state index in [0.29, 0.717) is 0 Å². The summed E-state index contributed by atoms with van der Waals surface area (Å²) in [6.45, 7) is 3.68. The van der Waals surface area contributed by atoms with Gasteiger partial charge in [0, 0.05) is 5.56 Å². The molecule has 0 spiro atoms. The summed E-state index contributed by atoms with van der Waals surface area (Å²) in [6, 6.07) is 8.00. The highest BCUT2D eigenvalue weighted by atomic mass is 79.9. The molecule has 0 amide bonds. The van der Waals surface area contributed by atoms with Crippen molar-refractivity contribution in [2.75, 3.05) is 5.33 Å². The van der Waals surface area contributed by atoms with E-state index in [0.717, 1.165) is 16.5 Å². The highest BCUT2D eigenvalue weighted by molar-refractivity contribution is 9.09. The van der Waals surface area contributed by atoms with Crippen LogP contribution in [0.25, 0.3) is 6.08 Å². The lowest BCUT2D eigenvalue weighted by Gasteiger charge is -1.91. The van der Waals surface area contributed by atoms with Crippen molar-refractivity contribution in [3.63, 3.8) is 0 Å². The number of hydrogen-bond acceptors (Lipinski definition) is 0. The Hall–Kier alpha value is -1.00. The molecule has 0 radical (unpaired) electrons. The summed E-state index contributed by atoms with van der Waals surface area (Å²) in [4.78, 5) is 0. The number of alkyl halides is 1. The standard InChI is InChI=1S/C11H9Br/c1-2-10-5-7-11(8-6-10)4-3-9-12/h2,5-8H,1,9H2. The van der Waals surface area contributed by atoms with Crippen LogP contribution in [0.3, 0.4) is 0 Å². The fourth-order valence-electron chi connectivity index (χ4n) is 0.838. The zero-order valence-electron chi connectivity index (χ0n) is 6.68. The minimum Gasteiger partial charge on any atom is -0.0985 e. The van der Waals surface area contributed by atoms with Crippen LogP contribution >= 0.6 is 15.9 Å². The summed E-state index contributed by atoms with van der Waals surface area (Å²) >= 11 is 3.25. The second-order valence-corrected chi connectivity index (χ2v) is 2.82. The van der Waals surface area contributed by atoms with Gasteiger partial charge in [-0.3, -0.25) is 0 Å². The fraction of sp³-hybridized carbons (Fsp3) is 0.0909. The first kappa shape index (κ1) is 9.09. The van der Waals surface area contributed by atoms with Crippen LogP contribution in [0, 0.1) is 11.8 Å². The minimum atomic E-state index is 0.718. The van der Waals surface area contributed by atoms with E-state index >= 15 is 0 Å². The Morgan fingerprint density at radius 1 is 1.33 bits per heavy atom. The largest absolute Gasteiger partial charge is 0.0985 e. The quantitative estimate of drug-likeness (QED) is 0.505. The summed E-state index contributed by atoms with van der Waals surface area (Å²) in [7, 11) is 0. The molecule has 0 saturated carbocycles. The molecule has 1 aromatic rings. The van der Waals surface area contributed by atoms with Crippen LogP contribution in [0.1, 0.15) is 11.1 Å². The Balaban J connectivity index is 2.84. The van der Waals surface area contributed by atoms with E-state index in [1.54, 1.807) is 0 Å². The summed E-state index contributed by atoms with van der Waals surface area (Å²) in [5.41, 5.74) is 2.17. The predicted octanol–water partition coefficient (Wildman–Crippen LogP) is 3.08. The molecule has 0 aliphatic heterocycles. The Bertz CT molecular complexity index is 311. The maximum atomic E-state index is 3.68. The topological polar surface area (TPSA) is 0 Å². The third-order valence-electron chi connectivity index (χ3n) is 1.45. The molecule has 0 aliphatic rings. The van der Waals surface area contributed by atoms with Gasteiger partial charge in [0.1, 0.15) is 0 Å². The van der Waals surface area contributed by atoms with Gasteiger partial charge in [0.2, 0.25) is 0 Å². The average molecular weight is 221 g/mol. The molecule has 0 heterocycles. The summed E-state index contributed by atoms with van der Waals surface area (Å²) in [5.74, 6) is 5.96. The van der Waals surface area contributed by atoms with Crippen molar-refractivity contribution in [1.82, 2.24) is 0 Å². The molecule has 1 aromatic carbocycles. The van der Waals surface area contributed by atoms with Gasteiger partial charge in [0.15, 0.2) is 0 Å². The molecule has 0 bridgehead atoms. The third kappa shape index (κ3) is 2.56. The monoisotopic (exact) mass is 220 g/mol. The molecule has 1 heteroatoms. The fourth-order valence-corrected chi connectivity index (χ4v) is 0.978. The average Bonchev–Trinajstić information content (AvgIpc) is 2.15. The molecule has 0 atom stereocenters. The van der Waals surface area contributed by atoms with E-state index in [1.807, 2.05) is 30.3 Å². The summed E-state index contributed by atoms with van der Waals surface area (Å²) in [6.07, 6.45) is 1.82. The predicted molar refractivity (Wildman–Crippen MR) is 57.2 cm³/mol. The van der Waals surface area contributed by atoms with Crippen LogP contribution in [0.4, 0.5) is 0 Å². The van der Waals surface area contributed by atoms with Gasteiger partial charge >= 0.3 is 0 Å². The Morgan fingerprint density at radius 3 is 2.50 bits per heavy atom. The Kier molecular flexibility index (Phi) is 3.63. The molecular weight excluding hydrogens is 212 g/mol. The molecule has 0 fully saturated rings. The molecular formula is C11H9Br. The normalized spacial score (nSPS) is 8.42. The lowest BCUT2D eigenvalue weighted by molar-refractivity contribution is 1.61. The van der Waals surface area contributed by atoms with Gasteiger partial charge in [-0.2, -0.15) is 0 Å². The van der Waals surface area contributed by atoms with Crippen LogP contribution in [-0.2, 0) is 0 Å². The van der Waals surface area contributed by atoms with Crippen molar-refractivity contribution in [2.24, 2.45) is 0 Å². The lowest BCUT2D eigenvalue weighted by Crippen LogP contribution is -1.75. The van der Waals surface area contributed by atoms with Crippen molar-refractivity contribution in [3.8, 4) is 11.8 Å². The Labute approximate surface area is 81.4 Å². The van der Waals surface area contributed by atoms with Gasteiger partial charge in [0.05, 0.1) is 5.33 Å². The SMILES string of the molecule is C=Cc1ccc(C#CCBr)cc1. The van der Waals surface area contributed by atoms with Crippen molar-refractivity contribution in [1.29, 1.82) is 0 Å². The van der Waals surface area contributed by atoms with Gasteiger partial charge in [-0.1, -0.05) is 52.6 Å². The molecule has 12 heavy (non-hydrogen) atoms. The van der Waals surface area contributed by atoms with E-state index in [1.165, 1.54) is 0 Å². The number of benzene rings is 1. The van der Waals surface area contributed by atoms with Crippen molar-refractivity contribution < 1.29 is 0 Å². The molecule has 1 rings (SSSR count). The van der Waals surface area contributed by atoms with Gasteiger partial charge < -0.3 is 0 Å². The van der Waals surface area contributed by atoms with Gasteiger partial charge in [0.25, 0.3) is 0 Å². The molecule has 0 aromatic heterocycles. The van der Waals surface area contributed by atoms with E-state index < -0.39 is 0 Å². The van der Waals surface area contributed by atoms with Crippen molar-refractivity contribution in [3.05, 3.63) is 42.0 Å².